The number of aliphatic hydroxyl groups excluding tert-OH is 1. The van der Waals surface area contributed by atoms with E-state index in [1.165, 1.54) is 0 Å². The smallest absolute Gasteiger partial charge is 0.344 e. The van der Waals surface area contributed by atoms with Crippen LogP contribution in [0.25, 0.3) is 0 Å². The number of benzene rings is 1. The molecule has 88 valence electrons. The summed E-state index contributed by atoms with van der Waals surface area (Å²) in [6.45, 7) is 1.42. The van der Waals surface area contributed by atoms with E-state index in [2.05, 4.69) is 0 Å². The average Bonchev–Trinajstić information content (AvgIpc) is 2.25. The van der Waals surface area contributed by atoms with Gasteiger partial charge < -0.3 is 14.9 Å². The van der Waals surface area contributed by atoms with Crippen molar-refractivity contribution in [1.29, 1.82) is 0 Å². The van der Waals surface area contributed by atoms with Crippen molar-refractivity contribution in [3.63, 3.8) is 0 Å². The fraction of sp³-hybridized carbons (Fsp3) is 0.364. The molecule has 0 aliphatic carbocycles. The molecule has 0 radical (unpaired) electrons. The third-order valence-corrected chi connectivity index (χ3v) is 2.50. The summed E-state index contributed by atoms with van der Waals surface area (Å²) in [5.41, 5.74) is 0.406. The van der Waals surface area contributed by atoms with Crippen molar-refractivity contribution in [1.82, 2.24) is 0 Å². The number of aliphatic carboxylic acids is 1. The van der Waals surface area contributed by atoms with Crippen molar-refractivity contribution in [3.05, 3.63) is 28.8 Å². The quantitative estimate of drug-likeness (QED) is 0.832. The van der Waals surface area contributed by atoms with E-state index >= 15 is 0 Å². The van der Waals surface area contributed by atoms with Crippen molar-refractivity contribution in [2.24, 2.45) is 0 Å². The van der Waals surface area contributed by atoms with Gasteiger partial charge in [-0.15, -0.1) is 0 Å². The number of hydrogen-bond acceptors (Lipinski definition) is 3. The lowest BCUT2D eigenvalue weighted by Gasteiger charge is -2.16. The van der Waals surface area contributed by atoms with Crippen molar-refractivity contribution >= 4 is 17.6 Å². The summed E-state index contributed by atoms with van der Waals surface area (Å²) in [4.78, 5) is 10.8. The fourth-order valence-corrected chi connectivity index (χ4v) is 1.49. The Balaban J connectivity index is 2.95. The van der Waals surface area contributed by atoms with Gasteiger partial charge in [0.2, 0.25) is 0 Å². The van der Waals surface area contributed by atoms with Gasteiger partial charge in [-0.1, -0.05) is 24.6 Å². The number of hydrogen-bond donors (Lipinski definition) is 2. The van der Waals surface area contributed by atoms with Crippen molar-refractivity contribution in [2.75, 3.05) is 0 Å². The molecule has 1 rings (SSSR count). The van der Waals surface area contributed by atoms with E-state index in [9.17, 15) is 4.79 Å². The second-order valence-electron chi connectivity index (χ2n) is 3.23. The van der Waals surface area contributed by atoms with Crippen LogP contribution in [0.1, 0.15) is 18.9 Å². The minimum atomic E-state index is -1.04. The molecule has 1 atom stereocenters. The lowest BCUT2D eigenvalue weighted by molar-refractivity contribution is -0.145. The highest BCUT2D eigenvalue weighted by molar-refractivity contribution is 6.31. The van der Waals surface area contributed by atoms with E-state index in [-0.39, 0.29) is 6.61 Å². The maximum Gasteiger partial charge on any atom is 0.344 e. The maximum absolute atomic E-state index is 10.8. The molecule has 0 amide bonds. The van der Waals surface area contributed by atoms with Gasteiger partial charge in [0.15, 0.2) is 6.10 Å². The number of rotatable bonds is 5. The van der Waals surface area contributed by atoms with Crippen LogP contribution >= 0.6 is 11.6 Å². The van der Waals surface area contributed by atoms with E-state index in [1.807, 2.05) is 0 Å². The normalized spacial score (nSPS) is 12.2. The molecule has 16 heavy (non-hydrogen) atoms. The highest BCUT2D eigenvalue weighted by Crippen LogP contribution is 2.27. The minimum Gasteiger partial charge on any atom is -0.479 e. The number of halogens is 1. The standard InChI is InChI=1S/C11H13ClO4/c1-2-9(11(14)15)16-10-5-3-4-8(12)7(10)6-13/h3-5,9,13H,2,6H2,1H3,(H,14,15). The van der Waals surface area contributed by atoms with E-state index in [4.69, 9.17) is 26.6 Å². The number of carboxylic acid groups (broad SMARTS) is 1. The lowest BCUT2D eigenvalue weighted by atomic mass is 10.2. The predicted molar refractivity (Wildman–Crippen MR) is 59.7 cm³/mol. The summed E-state index contributed by atoms with van der Waals surface area (Å²) in [7, 11) is 0. The van der Waals surface area contributed by atoms with Gasteiger partial charge in [-0.25, -0.2) is 4.79 Å². The molecular weight excluding hydrogens is 232 g/mol. The van der Waals surface area contributed by atoms with Crippen molar-refractivity contribution in [2.45, 2.75) is 26.1 Å². The third kappa shape index (κ3) is 2.87. The largest absolute Gasteiger partial charge is 0.479 e. The summed E-state index contributed by atoms with van der Waals surface area (Å²) in [6, 6.07) is 4.84. The number of aliphatic hydroxyl groups is 1. The molecule has 1 unspecified atom stereocenters. The van der Waals surface area contributed by atoms with E-state index in [0.717, 1.165) is 0 Å². The Morgan fingerprint density at radius 3 is 2.75 bits per heavy atom. The Labute approximate surface area is 98.4 Å². The van der Waals surface area contributed by atoms with Crippen LogP contribution in [-0.2, 0) is 11.4 Å². The lowest BCUT2D eigenvalue weighted by Crippen LogP contribution is -2.26. The zero-order valence-corrected chi connectivity index (χ0v) is 9.57. The highest BCUT2D eigenvalue weighted by Gasteiger charge is 2.18. The first-order valence-corrected chi connectivity index (χ1v) is 5.25. The number of carbonyl (C=O) groups is 1. The molecule has 1 aromatic rings. The SMILES string of the molecule is CCC(Oc1cccc(Cl)c1CO)C(=O)O. The van der Waals surface area contributed by atoms with Gasteiger partial charge in [0.1, 0.15) is 5.75 Å². The topological polar surface area (TPSA) is 66.8 Å². The van der Waals surface area contributed by atoms with Crippen LogP contribution < -0.4 is 4.74 Å². The predicted octanol–water partition coefficient (Wildman–Crippen LogP) is 2.07. The van der Waals surface area contributed by atoms with Gasteiger partial charge in [-0.05, 0) is 18.6 Å². The molecule has 0 saturated heterocycles. The van der Waals surface area contributed by atoms with Crippen molar-refractivity contribution < 1.29 is 19.7 Å². The Kier molecular flexibility index (Phi) is 4.58. The minimum absolute atomic E-state index is 0.287. The number of ether oxygens (including phenoxy) is 1. The fourth-order valence-electron chi connectivity index (χ4n) is 1.26. The zero-order valence-electron chi connectivity index (χ0n) is 8.81. The molecule has 0 aliphatic heterocycles. The second kappa shape index (κ2) is 5.72. The molecule has 0 fully saturated rings. The van der Waals surface area contributed by atoms with Gasteiger partial charge in [0, 0.05) is 10.6 Å². The first-order chi connectivity index (χ1) is 7.60. The Morgan fingerprint density at radius 1 is 1.56 bits per heavy atom. The van der Waals surface area contributed by atoms with Gasteiger partial charge in [0.05, 0.1) is 6.61 Å². The Bertz CT molecular complexity index is 378. The monoisotopic (exact) mass is 244 g/mol. The molecule has 1 aromatic carbocycles. The third-order valence-electron chi connectivity index (χ3n) is 2.15. The second-order valence-corrected chi connectivity index (χ2v) is 3.63. The molecule has 0 aliphatic rings. The summed E-state index contributed by atoms with van der Waals surface area (Å²) in [5, 5.41) is 18.3. The summed E-state index contributed by atoms with van der Waals surface area (Å²) < 4.78 is 5.28. The van der Waals surface area contributed by atoms with Gasteiger partial charge in [-0.3, -0.25) is 0 Å². The molecule has 2 N–H and O–H groups in total. The van der Waals surface area contributed by atoms with Crippen LogP contribution in [0, 0.1) is 0 Å². The molecule has 0 saturated carbocycles. The van der Waals surface area contributed by atoms with Crippen LogP contribution in [-0.4, -0.2) is 22.3 Å². The van der Waals surface area contributed by atoms with Gasteiger partial charge in [0.25, 0.3) is 0 Å². The van der Waals surface area contributed by atoms with E-state index < -0.39 is 12.1 Å². The number of carboxylic acids is 1. The first kappa shape index (κ1) is 12.8. The molecule has 0 heterocycles. The van der Waals surface area contributed by atoms with E-state index in [0.29, 0.717) is 22.8 Å². The van der Waals surface area contributed by atoms with Gasteiger partial charge >= 0.3 is 5.97 Å². The molecule has 0 bridgehead atoms. The first-order valence-electron chi connectivity index (χ1n) is 4.87. The van der Waals surface area contributed by atoms with Crippen LogP contribution in [0.4, 0.5) is 0 Å². The summed E-state index contributed by atoms with van der Waals surface area (Å²) in [5.74, 6) is -0.726. The Morgan fingerprint density at radius 2 is 2.25 bits per heavy atom. The summed E-state index contributed by atoms with van der Waals surface area (Å²) in [6.07, 6.45) is -0.587. The molecule has 5 heteroatoms. The highest BCUT2D eigenvalue weighted by atomic mass is 35.5. The van der Waals surface area contributed by atoms with Crippen LogP contribution in [0.3, 0.4) is 0 Å². The van der Waals surface area contributed by atoms with Gasteiger partial charge in [-0.2, -0.15) is 0 Å². The Hall–Kier alpha value is -1.26. The molecule has 4 nitrogen and oxygen atoms in total. The zero-order chi connectivity index (χ0) is 12.1. The van der Waals surface area contributed by atoms with Crippen molar-refractivity contribution in [3.8, 4) is 5.75 Å². The van der Waals surface area contributed by atoms with E-state index in [1.54, 1.807) is 25.1 Å². The van der Waals surface area contributed by atoms with Crippen LogP contribution in [0.2, 0.25) is 5.02 Å². The maximum atomic E-state index is 10.8. The molecule has 0 spiro atoms. The molecular formula is C11H13ClO4. The summed E-state index contributed by atoms with van der Waals surface area (Å²) >= 11 is 5.85. The van der Waals surface area contributed by atoms with Crippen LogP contribution in [0.5, 0.6) is 5.75 Å². The van der Waals surface area contributed by atoms with Crippen LogP contribution in [0.15, 0.2) is 18.2 Å². The average molecular weight is 245 g/mol. The molecule has 0 aromatic heterocycles.